The molecule has 0 spiro atoms. The molecule has 1 amide bonds. The van der Waals surface area contributed by atoms with Crippen molar-refractivity contribution in [2.45, 2.75) is 0 Å². The highest BCUT2D eigenvalue weighted by Crippen LogP contribution is 2.29. The molecule has 4 nitrogen and oxygen atoms in total. The normalized spacial score (nSPS) is 9.81. The summed E-state index contributed by atoms with van der Waals surface area (Å²) in [4.78, 5) is 12.4. The summed E-state index contributed by atoms with van der Waals surface area (Å²) in [6.45, 7) is 0. The fraction of sp³-hybridized carbons (Fsp3) is 0.0667. The molecule has 0 saturated heterocycles. The van der Waals surface area contributed by atoms with Gasteiger partial charge in [0.15, 0.2) is 0 Å². The van der Waals surface area contributed by atoms with E-state index in [2.05, 4.69) is 37.2 Å². The lowest BCUT2D eigenvalue weighted by molar-refractivity contribution is 0.102. The third kappa shape index (κ3) is 3.43. The minimum Gasteiger partial charge on any atom is -0.495 e. The third-order valence-corrected chi connectivity index (χ3v) is 3.96. The van der Waals surface area contributed by atoms with Crippen molar-refractivity contribution in [3.05, 3.63) is 56.5 Å². The van der Waals surface area contributed by atoms with Gasteiger partial charge < -0.3 is 10.1 Å². The minimum absolute atomic E-state index is 0.329. The van der Waals surface area contributed by atoms with Crippen LogP contribution in [-0.4, -0.2) is 13.0 Å². The van der Waals surface area contributed by atoms with Crippen LogP contribution in [0.3, 0.4) is 0 Å². The first-order valence-corrected chi connectivity index (χ1v) is 7.49. The zero-order valence-electron chi connectivity index (χ0n) is 11.0. The van der Waals surface area contributed by atoms with E-state index < -0.39 is 0 Å². The molecule has 2 rings (SSSR count). The fourth-order valence-corrected chi connectivity index (χ4v) is 2.56. The molecule has 0 aromatic heterocycles. The van der Waals surface area contributed by atoms with Crippen LogP contribution in [0, 0.1) is 11.3 Å². The van der Waals surface area contributed by atoms with Gasteiger partial charge in [0.25, 0.3) is 5.91 Å². The molecule has 106 valence electrons. The van der Waals surface area contributed by atoms with Crippen molar-refractivity contribution in [3.8, 4) is 11.8 Å². The summed E-state index contributed by atoms with van der Waals surface area (Å²) in [6, 6.07) is 12.3. The molecule has 0 aliphatic carbocycles. The zero-order chi connectivity index (χ0) is 15.4. The van der Waals surface area contributed by atoms with Crippen LogP contribution in [-0.2, 0) is 0 Å². The number of para-hydroxylation sites is 1. The molecule has 0 aliphatic rings. The second-order valence-electron chi connectivity index (χ2n) is 4.07. The van der Waals surface area contributed by atoms with Crippen molar-refractivity contribution in [1.82, 2.24) is 0 Å². The molecule has 0 bridgehead atoms. The minimum atomic E-state index is -0.329. The fourth-order valence-electron chi connectivity index (χ4n) is 1.78. The Morgan fingerprint density at radius 2 is 2.05 bits per heavy atom. The van der Waals surface area contributed by atoms with Gasteiger partial charge in [-0.3, -0.25) is 4.79 Å². The van der Waals surface area contributed by atoms with E-state index in [0.717, 1.165) is 4.47 Å². The molecule has 6 heteroatoms. The number of hydrogen-bond acceptors (Lipinski definition) is 3. The first-order valence-electron chi connectivity index (χ1n) is 5.90. The van der Waals surface area contributed by atoms with Crippen molar-refractivity contribution in [1.29, 1.82) is 5.26 Å². The van der Waals surface area contributed by atoms with Gasteiger partial charge in [-0.25, -0.2) is 0 Å². The highest BCUT2D eigenvalue weighted by molar-refractivity contribution is 9.11. The predicted octanol–water partition coefficient (Wildman–Crippen LogP) is 4.34. The molecule has 0 saturated carbocycles. The molecular formula is C15H10Br2N2O2. The average Bonchev–Trinajstić information content (AvgIpc) is 2.49. The van der Waals surface area contributed by atoms with Crippen molar-refractivity contribution in [2.75, 3.05) is 12.4 Å². The Morgan fingerprint density at radius 3 is 2.71 bits per heavy atom. The Labute approximate surface area is 139 Å². The maximum absolute atomic E-state index is 12.4. The lowest BCUT2D eigenvalue weighted by atomic mass is 10.1. The maximum atomic E-state index is 12.4. The van der Waals surface area contributed by atoms with Crippen molar-refractivity contribution in [3.63, 3.8) is 0 Å². The summed E-state index contributed by atoms with van der Waals surface area (Å²) < 4.78 is 6.64. The van der Waals surface area contributed by atoms with Crippen LogP contribution in [0.25, 0.3) is 0 Å². The third-order valence-electron chi connectivity index (χ3n) is 2.78. The summed E-state index contributed by atoms with van der Waals surface area (Å²) in [5.74, 6) is 0.109. The molecule has 2 aromatic carbocycles. The Balaban J connectivity index is 2.41. The Hall–Kier alpha value is -1.84. The van der Waals surface area contributed by atoms with E-state index in [1.54, 1.807) is 30.3 Å². The SMILES string of the molecule is COc1cccc(C#N)c1NC(=O)c1cc(Br)ccc1Br. The largest absolute Gasteiger partial charge is 0.495 e. The Morgan fingerprint density at radius 1 is 1.29 bits per heavy atom. The van der Waals surface area contributed by atoms with Crippen LogP contribution in [0.1, 0.15) is 15.9 Å². The number of nitriles is 1. The Kier molecular flexibility index (Phi) is 4.99. The number of carbonyl (C=O) groups excluding carboxylic acids is 1. The van der Waals surface area contributed by atoms with Gasteiger partial charge in [0.1, 0.15) is 17.5 Å². The number of hydrogen-bond donors (Lipinski definition) is 1. The summed E-state index contributed by atoms with van der Waals surface area (Å²) in [7, 11) is 1.49. The van der Waals surface area contributed by atoms with E-state index in [4.69, 9.17) is 10.00 Å². The number of amides is 1. The lowest BCUT2D eigenvalue weighted by Gasteiger charge is -2.12. The molecule has 21 heavy (non-hydrogen) atoms. The number of ether oxygens (including phenoxy) is 1. The quantitative estimate of drug-likeness (QED) is 0.819. The molecular weight excluding hydrogens is 400 g/mol. The van der Waals surface area contributed by atoms with E-state index in [1.807, 2.05) is 12.1 Å². The number of halogens is 2. The van der Waals surface area contributed by atoms with Crippen molar-refractivity contribution < 1.29 is 9.53 Å². The first kappa shape index (κ1) is 15.5. The van der Waals surface area contributed by atoms with Gasteiger partial charge in [-0.15, -0.1) is 0 Å². The van der Waals surface area contributed by atoms with Crippen LogP contribution < -0.4 is 10.1 Å². The number of methoxy groups -OCH3 is 1. The van der Waals surface area contributed by atoms with Gasteiger partial charge in [0, 0.05) is 8.95 Å². The predicted molar refractivity (Wildman–Crippen MR) is 87.5 cm³/mol. The second kappa shape index (κ2) is 6.74. The highest BCUT2D eigenvalue weighted by atomic mass is 79.9. The number of carbonyl (C=O) groups is 1. The second-order valence-corrected chi connectivity index (χ2v) is 5.84. The van der Waals surface area contributed by atoms with Crippen LogP contribution in [0.2, 0.25) is 0 Å². The standard InChI is InChI=1S/C15H10Br2N2O2/c1-21-13-4-2-3-9(8-18)14(13)19-15(20)11-7-10(16)5-6-12(11)17/h2-7H,1H3,(H,19,20). The number of anilines is 1. The molecule has 0 aliphatic heterocycles. The van der Waals surface area contributed by atoms with Crippen molar-refractivity contribution >= 4 is 43.5 Å². The lowest BCUT2D eigenvalue weighted by Crippen LogP contribution is -2.14. The van der Waals surface area contributed by atoms with E-state index in [1.165, 1.54) is 7.11 Å². The van der Waals surface area contributed by atoms with Crippen LogP contribution in [0.5, 0.6) is 5.75 Å². The van der Waals surface area contributed by atoms with E-state index in [0.29, 0.717) is 27.0 Å². The van der Waals surface area contributed by atoms with Gasteiger partial charge in [-0.2, -0.15) is 5.26 Å². The van der Waals surface area contributed by atoms with Crippen LogP contribution >= 0.6 is 31.9 Å². The number of nitrogens with one attached hydrogen (secondary N) is 1. The molecule has 0 fully saturated rings. The molecule has 0 radical (unpaired) electrons. The molecule has 0 unspecified atom stereocenters. The number of benzene rings is 2. The van der Waals surface area contributed by atoms with Crippen molar-refractivity contribution in [2.24, 2.45) is 0 Å². The summed E-state index contributed by atoms with van der Waals surface area (Å²) in [6.07, 6.45) is 0. The summed E-state index contributed by atoms with van der Waals surface area (Å²) >= 11 is 6.67. The number of nitrogens with zero attached hydrogens (tertiary/aromatic N) is 1. The van der Waals surface area contributed by atoms with Gasteiger partial charge in [-0.05, 0) is 46.3 Å². The van der Waals surface area contributed by atoms with Gasteiger partial charge in [-0.1, -0.05) is 22.0 Å². The molecule has 2 aromatic rings. The van der Waals surface area contributed by atoms with Crippen LogP contribution in [0.4, 0.5) is 5.69 Å². The molecule has 0 atom stereocenters. The van der Waals surface area contributed by atoms with E-state index >= 15 is 0 Å². The van der Waals surface area contributed by atoms with Gasteiger partial charge in [0.05, 0.1) is 18.2 Å². The maximum Gasteiger partial charge on any atom is 0.256 e. The van der Waals surface area contributed by atoms with Gasteiger partial charge in [0.2, 0.25) is 0 Å². The van der Waals surface area contributed by atoms with E-state index in [9.17, 15) is 4.79 Å². The number of rotatable bonds is 3. The monoisotopic (exact) mass is 408 g/mol. The Bertz CT molecular complexity index is 739. The molecule has 1 N–H and O–H groups in total. The van der Waals surface area contributed by atoms with Crippen LogP contribution in [0.15, 0.2) is 45.3 Å². The molecule has 0 heterocycles. The average molecular weight is 410 g/mol. The highest BCUT2D eigenvalue weighted by Gasteiger charge is 2.16. The first-order chi connectivity index (χ1) is 10.1. The topological polar surface area (TPSA) is 62.1 Å². The smallest absolute Gasteiger partial charge is 0.256 e. The van der Waals surface area contributed by atoms with E-state index in [-0.39, 0.29) is 5.91 Å². The summed E-state index contributed by atoms with van der Waals surface area (Å²) in [5, 5.41) is 11.9. The summed E-state index contributed by atoms with van der Waals surface area (Å²) in [5.41, 5.74) is 1.16. The zero-order valence-corrected chi connectivity index (χ0v) is 14.2. The van der Waals surface area contributed by atoms with Gasteiger partial charge >= 0.3 is 0 Å².